The van der Waals surface area contributed by atoms with Gasteiger partial charge in [0.15, 0.2) is 0 Å². The minimum absolute atomic E-state index is 0.193. The van der Waals surface area contributed by atoms with Crippen molar-refractivity contribution < 1.29 is 14.7 Å². The van der Waals surface area contributed by atoms with Crippen molar-refractivity contribution in [3.05, 3.63) is 0 Å². The van der Waals surface area contributed by atoms with Crippen LogP contribution in [-0.4, -0.2) is 29.1 Å². The van der Waals surface area contributed by atoms with E-state index in [0.717, 1.165) is 0 Å². The maximum atomic E-state index is 11.9. The van der Waals surface area contributed by atoms with E-state index in [1.807, 2.05) is 27.7 Å². The molecule has 106 valence electrons. The molecule has 0 saturated carbocycles. The SMILES string of the molecule is CC(C)C[C@H](NC(=O)[C@H](CC(C)C)NCl)C(=O)O. The molecule has 6 heteroatoms. The number of aliphatic carboxylic acids is 1. The highest BCUT2D eigenvalue weighted by atomic mass is 35.5. The molecule has 0 heterocycles. The van der Waals surface area contributed by atoms with E-state index < -0.39 is 18.1 Å². The highest BCUT2D eigenvalue weighted by molar-refractivity contribution is 6.15. The van der Waals surface area contributed by atoms with Crippen LogP contribution in [0, 0.1) is 11.8 Å². The number of nitrogens with one attached hydrogen (secondary N) is 2. The van der Waals surface area contributed by atoms with E-state index in [9.17, 15) is 9.59 Å². The summed E-state index contributed by atoms with van der Waals surface area (Å²) in [5, 5.41) is 11.6. The molecule has 0 bridgehead atoms. The second-order valence-corrected chi connectivity index (χ2v) is 5.54. The van der Waals surface area contributed by atoms with Crippen molar-refractivity contribution >= 4 is 23.7 Å². The van der Waals surface area contributed by atoms with Crippen molar-refractivity contribution in [2.24, 2.45) is 11.8 Å². The first-order chi connectivity index (χ1) is 8.27. The molecule has 0 aromatic rings. The van der Waals surface area contributed by atoms with E-state index in [1.54, 1.807) is 0 Å². The zero-order valence-electron chi connectivity index (χ0n) is 11.4. The molecule has 0 rings (SSSR count). The number of hydrogen-bond donors (Lipinski definition) is 3. The largest absolute Gasteiger partial charge is 0.480 e. The Kier molecular flexibility index (Phi) is 7.95. The first-order valence-electron chi connectivity index (χ1n) is 6.17. The Labute approximate surface area is 113 Å². The van der Waals surface area contributed by atoms with Crippen LogP contribution in [0.5, 0.6) is 0 Å². The normalized spacial score (nSPS) is 14.6. The van der Waals surface area contributed by atoms with Crippen LogP contribution < -0.4 is 10.2 Å². The Bertz CT molecular complexity index is 282. The predicted octanol–water partition coefficient (Wildman–Crippen LogP) is 1.76. The molecule has 2 atom stereocenters. The van der Waals surface area contributed by atoms with Gasteiger partial charge in [-0.1, -0.05) is 27.7 Å². The van der Waals surface area contributed by atoms with E-state index in [-0.39, 0.29) is 11.8 Å². The lowest BCUT2D eigenvalue weighted by molar-refractivity contribution is -0.142. The molecule has 0 spiro atoms. The maximum Gasteiger partial charge on any atom is 0.326 e. The first-order valence-corrected chi connectivity index (χ1v) is 6.55. The van der Waals surface area contributed by atoms with Gasteiger partial charge in [-0.3, -0.25) is 4.79 Å². The molecule has 18 heavy (non-hydrogen) atoms. The Morgan fingerprint density at radius 3 is 1.83 bits per heavy atom. The third-order valence-electron chi connectivity index (χ3n) is 2.48. The molecule has 0 aliphatic heterocycles. The zero-order chi connectivity index (χ0) is 14.3. The number of hydrogen-bond acceptors (Lipinski definition) is 3. The molecular formula is C12H23ClN2O3. The summed E-state index contributed by atoms with van der Waals surface area (Å²) in [6.45, 7) is 7.76. The number of halogens is 1. The van der Waals surface area contributed by atoms with Gasteiger partial charge in [-0.25, -0.2) is 9.63 Å². The third kappa shape index (κ3) is 6.81. The van der Waals surface area contributed by atoms with Gasteiger partial charge in [-0.15, -0.1) is 0 Å². The molecule has 0 saturated heterocycles. The average Bonchev–Trinajstić information content (AvgIpc) is 2.23. The summed E-state index contributed by atoms with van der Waals surface area (Å²) in [5.41, 5.74) is 0. The fourth-order valence-electron chi connectivity index (χ4n) is 1.64. The fraction of sp³-hybridized carbons (Fsp3) is 0.833. The first kappa shape index (κ1) is 17.2. The van der Waals surface area contributed by atoms with E-state index in [0.29, 0.717) is 18.8 Å². The van der Waals surface area contributed by atoms with Gasteiger partial charge >= 0.3 is 5.97 Å². The van der Waals surface area contributed by atoms with E-state index in [1.165, 1.54) is 0 Å². The second-order valence-electron chi connectivity index (χ2n) is 5.32. The summed E-state index contributed by atoms with van der Waals surface area (Å²) in [6, 6.07) is -1.43. The molecule has 0 aromatic heterocycles. The molecule has 0 aliphatic carbocycles. The lowest BCUT2D eigenvalue weighted by atomic mass is 10.0. The minimum atomic E-state index is -1.02. The molecule has 0 radical (unpaired) electrons. The number of carbonyl (C=O) groups excluding carboxylic acids is 1. The number of carboxylic acid groups (broad SMARTS) is 1. The lowest BCUT2D eigenvalue weighted by Crippen LogP contribution is -2.49. The van der Waals surface area contributed by atoms with Crippen molar-refractivity contribution in [1.29, 1.82) is 0 Å². The summed E-state index contributed by atoms with van der Waals surface area (Å²) in [5.74, 6) is -0.902. The molecule has 0 unspecified atom stereocenters. The number of rotatable bonds is 8. The second kappa shape index (κ2) is 8.32. The monoisotopic (exact) mass is 278 g/mol. The Hall–Kier alpha value is -0.810. The molecule has 0 aromatic carbocycles. The topological polar surface area (TPSA) is 78.4 Å². The smallest absolute Gasteiger partial charge is 0.326 e. The van der Waals surface area contributed by atoms with Gasteiger partial charge in [0.25, 0.3) is 0 Å². The minimum Gasteiger partial charge on any atom is -0.480 e. The molecular weight excluding hydrogens is 256 g/mol. The summed E-state index contributed by atoms with van der Waals surface area (Å²) in [6.07, 6.45) is 0.959. The summed E-state index contributed by atoms with van der Waals surface area (Å²) in [7, 11) is 0. The van der Waals surface area contributed by atoms with Crippen LogP contribution in [-0.2, 0) is 9.59 Å². The Balaban J connectivity index is 4.51. The average molecular weight is 279 g/mol. The van der Waals surface area contributed by atoms with Gasteiger partial charge in [-0.05, 0) is 36.5 Å². The lowest BCUT2D eigenvalue weighted by Gasteiger charge is -2.21. The molecule has 5 nitrogen and oxygen atoms in total. The molecule has 3 N–H and O–H groups in total. The third-order valence-corrected chi connectivity index (χ3v) is 2.74. The van der Waals surface area contributed by atoms with Crippen molar-refractivity contribution in [2.75, 3.05) is 0 Å². The molecule has 0 fully saturated rings. The van der Waals surface area contributed by atoms with Crippen LogP contribution in [0.1, 0.15) is 40.5 Å². The van der Waals surface area contributed by atoms with Crippen molar-refractivity contribution in [3.8, 4) is 0 Å². The van der Waals surface area contributed by atoms with Crippen LogP contribution in [0.15, 0.2) is 0 Å². The Morgan fingerprint density at radius 2 is 1.50 bits per heavy atom. The van der Waals surface area contributed by atoms with E-state index in [4.69, 9.17) is 16.9 Å². The van der Waals surface area contributed by atoms with Crippen LogP contribution in [0.4, 0.5) is 0 Å². The standard InChI is InChI=1S/C12H23ClN2O3/c1-7(2)5-9(15-13)11(16)14-10(12(17)18)6-8(3)4/h7-10,15H,5-6H2,1-4H3,(H,14,16)(H,17,18)/t9-,10-/m0/s1. The summed E-state index contributed by atoms with van der Waals surface area (Å²) in [4.78, 5) is 25.3. The zero-order valence-corrected chi connectivity index (χ0v) is 12.1. The predicted molar refractivity (Wildman–Crippen MR) is 71.3 cm³/mol. The van der Waals surface area contributed by atoms with Gasteiger partial charge in [0.2, 0.25) is 5.91 Å². The van der Waals surface area contributed by atoms with Gasteiger partial charge < -0.3 is 10.4 Å². The van der Waals surface area contributed by atoms with Crippen molar-refractivity contribution in [3.63, 3.8) is 0 Å². The van der Waals surface area contributed by atoms with Crippen molar-refractivity contribution in [2.45, 2.75) is 52.6 Å². The quantitative estimate of drug-likeness (QED) is 0.591. The van der Waals surface area contributed by atoms with Gasteiger partial charge in [0, 0.05) is 0 Å². The Morgan fingerprint density at radius 1 is 1.06 bits per heavy atom. The highest BCUT2D eigenvalue weighted by Gasteiger charge is 2.25. The van der Waals surface area contributed by atoms with E-state index >= 15 is 0 Å². The maximum absolute atomic E-state index is 11.9. The summed E-state index contributed by atoms with van der Waals surface area (Å²) < 4.78 is 0. The number of carboxylic acids is 1. The van der Waals surface area contributed by atoms with Gasteiger partial charge in [0.1, 0.15) is 12.1 Å². The number of amides is 1. The molecule has 1 amide bonds. The van der Waals surface area contributed by atoms with Crippen LogP contribution in [0.3, 0.4) is 0 Å². The number of carbonyl (C=O) groups is 2. The molecule has 0 aliphatic rings. The highest BCUT2D eigenvalue weighted by Crippen LogP contribution is 2.08. The van der Waals surface area contributed by atoms with Gasteiger partial charge in [0.05, 0.1) is 0 Å². The fourth-order valence-corrected chi connectivity index (χ4v) is 1.83. The van der Waals surface area contributed by atoms with Crippen molar-refractivity contribution in [1.82, 2.24) is 10.2 Å². The van der Waals surface area contributed by atoms with Crippen LogP contribution in [0.2, 0.25) is 0 Å². The van der Waals surface area contributed by atoms with E-state index in [2.05, 4.69) is 10.2 Å². The van der Waals surface area contributed by atoms with Crippen LogP contribution in [0.25, 0.3) is 0 Å². The van der Waals surface area contributed by atoms with Crippen LogP contribution >= 0.6 is 11.8 Å². The summed E-state index contributed by atoms with van der Waals surface area (Å²) >= 11 is 5.52. The van der Waals surface area contributed by atoms with Gasteiger partial charge in [-0.2, -0.15) is 0 Å².